The third-order valence-corrected chi connectivity index (χ3v) is 6.33. The molecule has 0 bridgehead atoms. The van der Waals surface area contributed by atoms with Crippen LogP contribution in [-0.2, 0) is 9.59 Å². The topological polar surface area (TPSA) is 61.9 Å². The molecule has 2 aliphatic rings. The highest BCUT2D eigenvalue weighted by Gasteiger charge is 2.41. The van der Waals surface area contributed by atoms with Gasteiger partial charge < -0.3 is 15.0 Å². The third-order valence-electron chi connectivity index (χ3n) is 6.33. The van der Waals surface area contributed by atoms with Crippen LogP contribution in [0.4, 0.5) is 17.1 Å². The first-order chi connectivity index (χ1) is 16.7. The molecule has 3 aromatic carbocycles. The van der Waals surface area contributed by atoms with Crippen LogP contribution < -0.4 is 19.9 Å². The van der Waals surface area contributed by atoms with E-state index in [-0.39, 0.29) is 11.6 Å². The summed E-state index contributed by atoms with van der Waals surface area (Å²) in [6.45, 7) is 2.13. The number of hydrogen-bond donors (Lipinski definition) is 1. The van der Waals surface area contributed by atoms with Crippen molar-refractivity contribution in [1.29, 1.82) is 0 Å². The first-order valence-corrected chi connectivity index (χ1v) is 11.6. The van der Waals surface area contributed by atoms with Gasteiger partial charge in [-0.2, -0.15) is 0 Å². The van der Waals surface area contributed by atoms with Crippen molar-refractivity contribution in [3.63, 3.8) is 0 Å². The van der Waals surface area contributed by atoms with E-state index in [1.54, 1.807) is 18.2 Å². The summed E-state index contributed by atoms with van der Waals surface area (Å²) in [7, 11) is 1.53. The van der Waals surface area contributed by atoms with Crippen LogP contribution in [0.3, 0.4) is 0 Å². The van der Waals surface area contributed by atoms with Gasteiger partial charge >= 0.3 is 0 Å². The number of nitrogens with zero attached hydrogens (tertiary/aromatic N) is 2. The van der Waals surface area contributed by atoms with Crippen LogP contribution in [-0.4, -0.2) is 32.0 Å². The molecule has 1 fully saturated rings. The van der Waals surface area contributed by atoms with E-state index in [0.29, 0.717) is 22.6 Å². The van der Waals surface area contributed by atoms with Crippen molar-refractivity contribution in [3.8, 4) is 5.75 Å². The highest BCUT2D eigenvalue weighted by atomic mass is 16.5. The minimum atomic E-state index is -0.409. The number of rotatable bonds is 6. The summed E-state index contributed by atoms with van der Waals surface area (Å²) in [5, 5.41) is 3.25. The molecule has 2 aliphatic heterocycles. The summed E-state index contributed by atoms with van der Waals surface area (Å²) >= 11 is 0. The van der Waals surface area contributed by atoms with Crippen molar-refractivity contribution in [2.75, 3.05) is 35.3 Å². The van der Waals surface area contributed by atoms with Gasteiger partial charge in [-0.3, -0.25) is 9.59 Å². The summed E-state index contributed by atoms with van der Waals surface area (Å²) in [6.07, 6.45) is 3.71. The molecule has 0 saturated carbocycles. The van der Waals surface area contributed by atoms with E-state index in [4.69, 9.17) is 4.74 Å². The standard InChI is InChI=1S/C28H27N3O3/c1-34-24-13-7-6-12-23(24)31-27(32)25(20-10-4-2-5-11-20)26(28(31)33)29-21-14-16-22(17-15-21)30-18-8-3-9-19-30/h2,4-7,10-17,29H,3,8-9,18-19H2,1H3. The molecular weight excluding hydrogens is 426 g/mol. The smallest absolute Gasteiger partial charge is 0.282 e. The maximum absolute atomic E-state index is 13.6. The Balaban J connectivity index is 1.50. The van der Waals surface area contributed by atoms with Gasteiger partial charge in [0.1, 0.15) is 11.4 Å². The maximum Gasteiger partial charge on any atom is 0.282 e. The molecule has 3 aromatic rings. The predicted molar refractivity (Wildman–Crippen MR) is 135 cm³/mol. The van der Waals surface area contributed by atoms with Crippen molar-refractivity contribution in [3.05, 3.63) is 90.1 Å². The number of amides is 2. The fourth-order valence-electron chi connectivity index (χ4n) is 4.60. The molecule has 1 saturated heterocycles. The van der Waals surface area contributed by atoms with Gasteiger partial charge in [0, 0.05) is 24.5 Å². The average molecular weight is 454 g/mol. The Morgan fingerprint density at radius 3 is 2.15 bits per heavy atom. The normalized spacial score (nSPS) is 16.3. The van der Waals surface area contributed by atoms with Gasteiger partial charge in [-0.25, -0.2) is 4.90 Å². The number of ether oxygens (including phenoxy) is 1. The molecule has 6 nitrogen and oxygen atoms in total. The van der Waals surface area contributed by atoms with Crippen LogP contribution in [0.5, 0.6) is 5.75 Å². The van der Waals surface area contributed by atoms with E-state index in [9.17, 15) is 9.59 Å². The van der Waals surface area contributed by atoms with Gasteiger partial charge in [0.05, 0.1) is 18.4 Å². The molecule has 0 aromatic heterocycles. The Morgan fingerprint density at radius 2 is 1.44 bits per heavy atom. The Labute approximate surface area is 199 Å². The lowest BCUT2D eigenvalue weighted by Crippen LogP contribution is -2.32. The van der Waals surface area contributed by atoms with Gasteiger partial charge in [-0.15, -0.1) is 0 Å². The molecular formula is C28H27N3O3. The van der Waals surface area contributed by atoms with Crippen molar-refractivity contribution in [1.82, 2.24) is 0 Å². The zero-order valence-corrected chi connectivity index (χ0v) is 19.2. The van der Waals surface area contributed by atoms with Gasteiger partial charge in [0.15, 0.2) is 0 Å². The number of methoxy groups -OCH3 is 1. The molecule has 5 rings (SSSR count). The van der Waals surface area contributed by atoms with E-state index in [2.05, 4.69) is 22.3 Å². The first-order valence-electron chi connectivity index (χ1n) is 11.6. The highest BCUT2D eigenvalue weighted by molar-refractivity contribution is 6.46. The summed E-state index contributed by atoms with van der Waals surface area (Å²) < 4.78 is 5.43. The molecule has 6 heteroatoms. The number of imide groups is 1. The average Bonchev–Trinajstić information content (AvgIpc) is 3.14. The lowest BCUT2D eigenvalue weighted by atomic mass is 10.0. The molecule has 34 heavy (non-hydrogen) atoms. The number of anilines is 3. The molecule has 172 valence electrons. The lowest BCUT2D eigenvalue weighted by Gasteiger charge is -2.28. The Hall–Kier alpha value is -4.06. The molecule has 0 unspecified atom stereocenters. The number of hydrogen-bond acceptors (Lipinski definition) is 5. The minimum absolute atomic E-state index is 0.257. The molecule has 1 N–H and O–H groups in total. The maximum atomic E-state index is 13.6. The van der Waals surface area contributed by atoms with E-state index in [0.717, 1.165) is 18.8 Å². The SMILES string of the molecule is COc1ccccc1N1C(=O)C(Nc2ccc(N3CCCCC3)cc2)=C(c2ccccc2)C1=O. The number of nitrogens with one attached hydrogen (secondary N) is 1. The second kappa shape index (κ2) is 9.43. The number of carbonyl (C=O) groups is 2. The number of carbonyl (C=O) groups excluding carboxylic acids is 2. The van der Waals surface area contributed by atoms with Crippen LogP contribution in [0.1, 0.15) is 24.8 Å². The predicted octanol–water partition coefficient (Wildman–Crippen LogP) is 5.08. The van der Waals surface area contributed by atoms with Crippen molar-refractivity contribution >= 4 is 34.4 Å². The third kappa shape index (κ3) is 4.03. The van der Waals surface area contributed by atoms with Gasteiger partial charge in [0.25, 0.3) is 11.8 Å². The van der Waals surface area contributed by atoms with E-state index in [1.165, 1.54) is 37.0 Å². The van der Waals surface area contributed by atoms with E-state index in [1.807, 2.05) is 48.5 Å². The number of piperidine rings is 1. The van der Waals surface area contributed by atoms with Crippen molar-refractivity contribution < 1.29 is 14.3 Å². The second-order valence-corrected chi connectivity index (χ2v) is 8.45. The van der Waals surface area contributed by atoms with E-state index < -0.39 is 5.91 Å². The van der Waals surface area contributed by atoms with E-state index >= 15 is 0 Å². The summed E-state index contributed by atoms with van der Waals surface area (Å²) in [5.74, 6) is -0.328. The van der Waals surface area contributed by atoms with Crippen LogP contribution in [0, 0.1) is 0 Å². The minimum Gasteiger partial charge on any atom is -0.495 e. The first kappa shape index (κ1) is 21.8. The Morgan fingerprint density at radius 1 is 0.765 bits per heavy atom. The molecule has 0 radical (unpaired) electrons. The van der Waals surface area contributed by atoms with Crippen LogP contribution in [0.15, 0.2) is 84.6 Å². The van der Waals surface area contributed by atoms with Crippen LogP contribution in [0.25, 0.3) is 5.57 Å². The Kier molecular flexibility index (Phi) is 6.04. The molecule has 2 amide bonds. The fraction of sp³-hybridized carbons (Fsp3) is 0.214. The zero-order valence-electron chi connectivity index (χ0n) is 19.2. The molecule has 2 heterocycles. The highest BCUT2D eigenvalue weighted by Crippen LogP contribution is 2.37. The number of benzene rings is 3. The lowest BCUT2D eigenvalue weighted by molar-refractivity contribution is -0.120. The van der Waals surface area contributed by atoms with Gasteiger partial charge in [-0.1, -0.05) is 42.5 Å². The quantitative estimate of drug-likeness (QED) is 0.527. The number of para-hydroxylation sites is 2. The summed E-state index contributed by atoms with van der Waals surface area (Å²) in [4.78, 5) is 30.8. The van der Waals surface area contributed by atoms with Gasteiger partial charge in [0.2, 0.25) is 0 Å². The van der Waals surface area contributed by atoms with Crippen molar-refractivity contribution in [2.24, 2.45) is 0 Å². The van der Waals surface area contributed by atoms with Crippen LogP contribution >= 0.6 is 0 Å². The summed E-state index contributed by atoms with van der Waals surface area (Å²) in [6, 6.07) is 24.4. The fourth-order valence-corrected chi connectivity index (χ4v) is 4.60. The zero-order chi connectivity index (χ0) is 23.5. The van der Waals surface area contributed by atoms with Gasteiger partial charge in [-0.05, 0) is 61.2 Å². The molecule has 0 atom stereocenters. The monoisotopic (exact) mass is 453 g/mol. The van der Waals surface area contributed by atoms with Crippen LogP contribution in [0.2, 0.25) is 0 Å². The molecule has 0 aliphatic carbocycles. The second-order valence-electron chi connectivity index (χ2n) is 8.45. The largest absolute Gasteiger partial charge is 0.495 e. The Bertz CT molecular complexity index is 1230. The summed E-state index contributed by atoms with van der Waals surface area (Å²) in [5.41, 5.74) is 3.64. The van der Waals surface area contributed by atoms with Crippen molar-refractivity contribution in [2.45, 2.75) is 19.3 Å². The molecule has 0 spiro atoms.